The molecule has 1 fully saturated rings. The Morgan fingerprint density at radius 1 is 1.16 bits per heavy atom. The van der Waals surface area contributed by atoms with Gasteiger partial charge in [0.25, 0.3) is 0 Å². The van der Waals surface area contributed by atoms with Crippen molar-refractivity contribution in [2.24, 2.45) is 5.92 Å². The molecule has 1 atom stereocenters. The number of benzene rings is 1. The summed E-state index contributed by atoms with van der Waals surface area (Å²) in [7, 11) is 7.49. The van der Waals surface area contributed by atoms with Crippen molar-refractivity contribution in [1.82, 2.24) is 5.32 Å². The summed E-state index contributed by atoms with van der Waals surface area (Å²) >= 11 is 0. The van der Waals surface area contributed by atoms with Gasteiger partial charge in [-0.15, -0.1) is 0 Å². The van der Waals surface area contributed by atoms with E-state index in [9.17, 15) is 4.79 Å². The molecule has 5 heteroatoms. The Labute approximate surface area is 151 Å². The van der Waals surface area contributed by atoms with Gasteiger partial charge in [-0.25, -0.2) is 0 Å². The number of likely N-dealkylation sites (N-methyl/N-ethyl adjacent to an activating group) is 1. The molecule has 0 saturated heterocycles. The third-order valence-electron chi connectivity index (χ3n) is 5.21. The van der Waals surface area contributed by atoms with Crippen LogP contribution in [-0.2, 0) is 4.79 Å². The third kappa shape index (κ3) is 5.63. The molecule has 0 aromatic heterocycles. The highest BCUT2D eigenvalue weighted by molar-refractivity contribution is 5.76. The molecule has 5 nitrogen and oxygen atoms in total. The molecule has 1 aromatic carbocycles. The summed E-state index contributed by atoms with van der Waals surface area (Å²) in [6.07, 6.45) is 6.93. The van der Waals surface area contributed by atoms with Gasteiger partial charge in [0.15, 0.2) is 11.5 Å². The van der Waals surface area contributed by atoms with Crippen LogP contribution in [0.15, 0.2) is 18.2 Å². The first-order valence-electron chi connectivity index (χ1n) is 9.33. The highest BCUT2D eigenvalue weighted by Crippen LogP contribution is 2.29. The largest absolute Gasteiger partial charge is 0.493 e. The molecule has 1 amide bonds. The summed E-state index contributed by atoms with van der Waals surface area (Å²) in [5.41, 5.74) is 1.13. The number of hydrogen-bond donors (Lipinski definition) is 2. The number of nitrogens with one attached hydrogen (secondary N) is 2. The maximum absolute atomic E-state index is 12.3. The lowest BCUT2D eigenvalue weighted by Crippen LogP contribution is -3.07. The number of methoxy groups -OCH3 is 2. The lowest BCUT2D eigenvalue weighted by molar-refractivity contribution is -0.890. The van der Waals surface area contributed by atoms with E-state index in [1.807, 2.05) is 18.2 Å². The number of ether oxygens (including phenoxy) is 2. The van der Waals surface area contributed by atoms with E-state index >= 15 is 0 Å². The van der Waals surface area contributed by atoms with Gasteiger partial charge >= 0.3 is 0 Å². The SMILES string of the molecule is COc1ccc([C@@H](CNC(=O)CC2CCCCC2)[NH+](C)C)cc1OC. The number of quaternary nitrogens is 1. The molecule has 1 aromatic rings. The lowest BCUT2D eigenvalue weighted by atomic mass is 9.87. The van der Waals surface area contributed by atoms with E-state index in [0.29, 0.717) is 18.9 Å². The Kier molecular flexibility index (Phi) is 7.56. The van der Waals surface area contributed by atoms with Crippen molar-refractivity contribution in [2.45, 2.75) is 44.6 Å². The van der Waals surface area contributed by atoms with Crippen molar-refractivity contribution in [3.05, 3.63) is 23.8 Å². The minimum Gasteiger partial charge on any atom is -0.493 e. The van der Waals surface area contributed by atoms with Gasteiger partial charge in [-0.2, -0.15) is 0 Å². The molecule has 25 heavy (non-hydrogen) atoms. The van der Waals surface area contributed by atoms with Gasteiger partial charge in [-0.3, -0.25) is 4.79 Å². The number of carbonyl (C=O) groups excluding carboxylic acids is 1. The maximum Gasteiger partial charge on any atom is 0.220 e. The van der Waals surface area contributed by atoms with Crippen molar-refractivity contribution in [2.75, 3.05) is 34.9 Å². The quantitative estimate of drug-likeness (QED) is 0.754. The van der Waals surface area contributed by atoms with Crippen LogP contribution in [0, 0.1) is 5.92 Å². The molecule has 0 bridgehead atoms. The topological polar surface area (TPSA) is 52.0 Å². The molecule has 2 rings (SSSR count). The smallest absolute Gasteiger partial charge is 0.220 e. The monoisotopic (exact) mass is 349 g/mol. The van der Waals surface area contributed by atoms with Crippen molar-refractivity contribution in [3.8, 4) is 11.5 Å². The average molecular weight is 349 g/mol. The molecular weight excluding hydrogens is 316 g/mol. The van der Waals surface area contributed by atoms with Gasteiger partial charge in [-0.1, -0.05) is 19.3 Å². The first-order valence-corrected chi connectivity index (χ1v) is 9.33. The molecule has 0 aliphatic heterocycles. The van der Waals surface area contributed by atoms with Gasteiger partial charge in [0, 0.05) is 12.0 Å². The zero-order valence-electron chi connectivity index (χ0n) is 16.1. The van der Waals surface area contributed by atoms with Crippen LogP contribution >= 0.6 is 0 Å². The molecule has 140 valence electrons. The van der Waals surface area contributed by atoms with E-state index in [-0.39, 0.29) is 11.9 Å². The van der Waals surface area contributed by atoms with Gasteiger partial charge < -0.3 is 19.7 Å². The van der Waals surface area contributed by atoms with Crippen LogP contribution in [0.1, 0.15) is 50.1 Å². The van der Waals surface area contributed by atoms with Crippen molar-refractivity contribution < 1.29 is 19.2 Å². The number of rotatable bonds is 8. The molecule has 0 heterocycles. The zero-order valence-corrected chi connectivity index (χ0v) is 16.1. The van der Waals surface area contributed by atoms with Crippen molar-refractivity contribution in [3.63, 3.8) is 0 Å². The van der Waals surface area contributed by atoms with Crippen LogP contribution in [0.4, 0.5) is 0 Å². The highest BCUT2D eigenvalue weighted by Gasteiger charge is 2.22. The van der Waals surface area contributed by atoms with E-state index in [2.05, 4.69) is 19.4 Å². The zero-order chi connectivity index (χ0) is 18.2. The van der Waals surface area contributed by atoms with E-state index in [1.54, 1.807) is 14.2 Å². The Morgan fingerprint density at radius 3 is 2.44 bits per heavy atom. The molecule has 0 spiro atoms. The predicted molar refractivity (Wildman–Crippen MR) is 99.3 cm³/mol. The molecule has 2 N–H and O–H groups in total. The molecule has 1 aliphatic rings. The summed E-state index contributed by atoms with van der Waals surface area (Å²) in [4.78, 5) is 13.6. The molecule has 1 aliphatic carbocycles. The second kappa shape index (κ2) is 9.66. The van der Waals surface area contributed by atoms with E-state index < -0.39 is 0 Å². The molecule has 1 saturated carbocycles. The molecular formula is C20H33N2O3+. The van der Waals surface area contributed by atoms with Gasteiger partial charge in [-0.05, 0) is 37.0 Å². The van der Waals surface area contributed by atoms with Crippen LogP contribution in [0.5, 0.6) is 11.5 Å². The highest BCUT2D eigenvalue weighted by atomic mass is 16.5. The average Bonchev–Trinajstić information content (AvgIpc) is 2.62. The standard InChI is InChI=1S/C20H32N2O3/c1-22(2)17(16-10-11-18(24-3)19(13-16)25-4)14-21-20(23)12-15-8-6-5-7-9-15/h10-11,13,15,17H,5-9,12,14H2,1-4H3,(H,21,23)/p+1/t17-/m1/s1. The number of hydrogen-bond acceptors (Lipinski definition) is 3. The normalized spacial score (nSPS) is 16.5. The fourth-order valence-electron chi connectivity index (χ4n) is 3.67. The Hall–Kier alpha value is -1.75. The van der Waals surface area contributed by atoms with Gasteiger partial charge in [0.2, 0.25) is 5.91 Å². The summed E-state index contributed by atoms with van der Waals surface area (Å²) in [6, 6.07) is 6.15. The van der Waals surface area contributed by atoms with Gasteiger partial charge in [0.05, 0.1) is 34.9 Å². The van der Waals surface area contributed by atoms with E-state index in [0.717, 1.165) is 17.1 Å². The van der Waals surface area contributed by atoms with Crippen LogP contribution in [0.25, 0.3) is 0 Å². The fourth-order valence-corrected chi connectivity index (χ4v) is 3.67. The minimum absolute atomic E-state index is 0.176. The summed E-state index contributed by atoms with van der Waals surface area (Å²) in [5.74, 6) is 2.19. The van der Waals surface area contributed by atoms with Crippen molar-refractivity contribution >= 4 is 5.91 Å². The maximum atomic E-state index is 12.3. The fraction of sp³-hybridized carbons (Fsp3) is 0.650. The van der Waals surface area contributed by atoms with Gasteiger partial charge in [0.1, 0.15) is 6.04 Å². The predicted octanol–water partition coefficient (Wildman–Crippen LogP) is 1.98. The lowest BCUT2D eigenvalue weighted by Gasteiger charge is -2.24. The first-order chi connectivity index (χ1) is 12.0. The van der Waals surface area contributed by atoms with Crippen molar-refractivity contribution in [1.29, 1.82) is 0 Å². The first kappa shape index (κ1) is 19.6. The summed E-state index contributed by atoms with van der Waals surface area (Å²) in [6.45, 7) is 0.628. The van der Waals surface area contributed by atoms with Crippen LogP contribution in [0.3, 0.4) is 0 Å². The molecule has 0 radical (unpaired) electrons. The number of carbonyl (C=O) groups is 1. The van der Waals surface area contributed by atoms with E-state index in [4.69, 9.17) is 9.47 Å². The second-order valence-corrected chi connectivity index (χ2v) is 7.26. The van der Waals surface area contributed by atoms with Crippen LogP contribution in [0.2, 0.25) is 0 Å². The summed E-state index contributed by atoms with van der Waals surface area (Å²) in [5, 5.41) is 3.14. The Bertz CT molecular complexity index is 554. The Morgan fingerprint density at radius 2 is 1.84 bits per heavy atom. The van der Waals surface area contributed by atoms with E-state index in [1.165, 1.54) is 37.0 Å². The van der Waals surface area contributed by atoms with Crippen LogP contribution < -0.4 is 19.7 Å². The van der Waals surface area contributed by atoms with Crippen LogP contribution in [-0.4, -0.2) is 40.8 Å². The Balaban J connectivity index is 1.97. The number of amides is 1. The second-order valence-electron chi connectivity index (χ2n) is 7.26. The minimum atomic E-state index is 0.176. The summed E-state index contributed by atoms with van der Waals surface area (Å²) < 4.78 is 10.7. The third-order valence-corrected chi connectivity index (χ3v) is 5.21. The molecule has 0 unspecified atom stereocenters.